The third kappa shape index (κ3) is 5.75. The number of hydrogen-bond donors (Lipinski definition) is 0. The van der Waals surface area contributed by atoms with E-state index in [2.05, 4.69) is 15.9 Å². The van der Waals surface area contributed by atoms with E-state index in [9.17, 15) is 9.59 Å². The molecule has 2 rings (SSSR count). The van der Waals surface area contributed by atoms with Crippen LogP contribution in [0.15, 0.2) is 28.7 Å². The zero-order chi connectivity index (χ0) is 18.2. The molecule has 1 saturated heterocycles. The molecule has 1 aliphatic rings. The number of carbonyl (C=O) groups is 2. The molecule has 25 heavy (non-hydrogen) atoms. The Morgan fingerprint density at radius 2 is 1.84 bits per heavy atom. The zero-order valence-corrected chi connectivity index (χ0v) is 19.8. The molecule has 1 aromatic carbocycles. The SMILES string of the molecule is COC(=O)C(CO[CH2][Pb])C(C(=O)N1CCCCC1)c1ccc(Br)cc1. The number of piperidine rings is 1. The van der Waals surface area contributed by atoms with Crippen LogP contribution >= 0.6 is 15.9 Å². The number of amides is 1. The average Bonchev–Trinajstić information content (AvgIpc) is 2.66. The summed E-state index contributed by atoms with van der Waals surface area (Å²) in [5.41, 5.74) is 0.825. The van der Waals surface area contributed by atoms with Gasteiger partial charge in [0.2, 0.25) is 0 Å². The molecule has 0 aromatic heterocycles. The van der Waals surface area contributed by atoms with Gasteiger partial charge in [-0.1, -0.05) is 0 Å². The van der Waals surface area contributed by atoms with Gasteiger partial charge in [0.05, 0.1) is 0 Å². The Hall–Kier alpha value is -0.478. The van der Waals surface area contributed by atoms with Crippen molar-refractivity contribution in [3.05, 3.63) is 34.3 Å². The van der Waals surface area contributed by atoms with Crippen LogP contribution in [-0.2, 0) is 19.1 Å². The van der Waals surface area contributed by atoms with Crippen LogP contribution < -0.4 is 0 Å². The molecule has 2 atom stereocenters. The van der Waals surface area contributed by atoms with E-state index in [0.717, 1.165) is 68.2 Å². The summed E-state index contributed by atoms with van der Waals surface area (Å²) in [5, 5.41) is 0. The molecule has 0 N–H and O–H groups in total. The van der Waals surface area contributed by atoms with Crippen LogP contribution in [0.3, 0.4) is 0 Å². The molecule has 2 unspecified atom stereocenters. The topological polar surface area (TPSA) is 55.8 Å². The van der Waals surface area contributed by atoms with Gasteiger partial charge in [0, 0.05) is 0 Å². The second-order valence-electron chi connectivity index (χ2n) is 6.06. The van der Waals surface area contributed by atoms with E-state index < -0.39 is 17.8 Å². The van der Waals surface area contributed by atoms with Crippen molar-refractivity contribution in [2.24, 2.45) is 5.92 Å². The number of carbonyl (C=O) groups excluding carboxylic acids is 2. The van der Waals surface area contributed by atoms with Crippen LogP contribution in [0.2, 0.25) is 0 Å². The summed E-state index contributed by atoms with van der Waals surface area (Å²) < 4.78 is 12.1. The molecule has 1 amide bonds. The Labute approximate surface area is 173 Å². The van der Waals surface area contributed by atoms with Crippen molar-refractivity contribution in [2.45, 2.75) is 25.2 Å². The molecular weight excluding hydrogens is 581 g/mol. The summed E-state index contributed by atoms with van der Waals surface area (Å²) in [6, 6.07) is 7.59. The molecule has 5 nitrogen and oxygen atoms in total. The molecule has 135 valence electrons. The Balaban J connectivity index is 2.35. The summed E-state index contributed by atoms with van der Waals surface area (Å²) in [6.07, 6.45) is 3.17. The molecule has 1 heterocycles. The fourth-order valence-electron chi connectivity index (χ4n) is 3.17. The van der Waals surface area contributed by atoms with Gasteiger partial charge in [-0.2, -0.15) is 0 Å². The number of esters is 1. The molecule has 0 aliphatic carbocycles. The van der Waals surface area contributed by atoms with Gasteiger partial charge in [0.1, 0.15) is 0 Å². The Bertz CT molecular complexity index is 575. The van der Waals surface area contributed by atoms with Crippen LogP contribution in [0.4, 0.5) is 0 Å². The van der Waals surface area contributed by atoms with Crippen molar-refractivity contribution in [2.75, 3.05) is 31.0 Å². The Morgan fingerprint density at radius 3 is 2.40 bits per heavy atom. The fraction of sp³-hybridized carbons (Fsp3) is 0.556. The van der Waals surface area contributed by atoms with E-state index in [0.29, 0.717) is 4.17 Å². The van der Waals surface area contributed by atoms with E-state index in [4.69, 9.17) is 9.47 Å². The number of ether oxygens (including phenoxy) is 2. The van der Waals surface area contributed by atoms with Gasteiger partial charge < -0.3 is 0 Å². The number of benzene rings is 1. The van der Waals surface area contributed by atoms with Crippen LogP contribution in [0.1, 0.15) is 30.7 Å². The van der Waals surface area contributed by atoms with Gasteiger partial charge in [-0.25, -0.2) is 0 Å². The summed E-state index contributed by atoms with van der Waals surface area (Å²) in [6.45, 7) is 1.71. The van der Waals surface area contributed by atoms with Crippen LogP contribution in [0.25, 0.3) is 0 Å². The van der Waals surface area contributed by atoms with Crippen molar-refractivity contribution < 1.29 is 19.1 Å². The van der Waals surface area contributed by atoms with Gasteiger partial charge in [0.15, 0.2) is 0 Å². The Morgan fingerprint density at radius 1 is 1.20 bits per heavy atom. The first kappa shape index (κ1) is 20.8. The van der Waals surface area contributed by atoms with Gasteiger partial charge in [-0.3, -0.25) is 0 Å². The first-order valence-corrected chi connectivity index (χ1v) is 12.0. The number of nitrogens with zero attached hydrogens (tertiary/aromatic N) is 1. The quantitative estimate of drug-likeness (QED) is 0.355. The Kier molecular flexibility index (Phi) is 8.85. The first-order valence-electron chi connectivity index (χ1n) is 8.43. The molecule has 0 saturated carbocycles. The molecule has 3 radical (unpaired) electrons. The van der Waals surface area contributed by atoms with Crippen molar-refractivity contribution in [3.8, 4) is 0 Å². The predicted molar refractivity (Wildman–Crippen MR) is 99.4 cm³/mol. The van der Waals surface area contributed by atoms with Gasteiger partial charge in [-0.05, 0) is 0 Å². The summed E-state index contributed by atoms with van der Waals surface area (Å²) >= 11 is 4.31. The van der Waals surface area contributed by atoms with E-state index in [1.54, 1.807) is 0 Å². The minimum absolute atomic E-state index is 0.00521. The van der Waals surface area contributed by atoms with Crippen LogP contribution in [0.5, 0.6) is 0 Å². The van der Waals surface area contributed by atoms with Gasteiger partial charge >= 0.3 is 174 Å². The number of likely N-dealkylation sites (tertiary alicyclic amines) is 1. The predicted octanol–water partition coefficient (Wildman–Crippen LogP) is 2.48. The molecule has 7 heteroatoms. The van der Waals surface area contributed by atoms with E-state index in [1.807, 2.05) is 29.2 Å². The number of methoxy groups -OCH3 is 1. The summed E-state index contributed by atoms with van der Waals surface area (Å²) in [4.78, 5) is 27.6. The van der Waals surface area contributed by atoms with E-state index in [1.165, 1.54) is 7.11 Å². The number of rotatable bonds is 7. The molecule has 0 bridgehead atoms. The third-order valence-electron chi connectivity index (χ3n) is 4.47. The molecule has 1 aromatic rings. The fourth-order valence-corrected chi connectivity index (χ4v) is 3.89. The van der Waals surface area contributed by atoms with E-state index >= 15 is 0 Å². The van der Waals surface area contributed by atoms with Crippen LogP contribution in [0, 0.1) is 5.92 Å². The monoisotopic (exact) mass is 604 g/mol. The maximum atomic E-state index is 13.3. The van der Waals surface area contributed by atoms with E-state index in [-0.39, 0.29) is 12.5 Å². The molecular formula is C18H23BrNO4Pb. The summed E-state index contributed by atoms with van der Waals surface area (Å²) in [7, 11) is 1.36. The number of hydrogen-bond acceptors (Lipinski definition) is 4. The van der Waals surface area contributed by atoms with Crippen molar-refractivity contribution in [3.63, 3.8) is 0 Å². The van der Waals surface area contributed by atoms with Crippen molar-refractivity contribution in [1.29, 1.82) is 0 Å². The molecule has 0 spiro atoms. The maximum absolute atomic E-state index is 13.3. The first-order chi connectivity index (χ1) is 12.1. The zero-order valence-electron chi connectivity index (χ0n) is 14.4. The molecule has 1 aliphatic heterocycles. The second kappa shape index (κ2) is 10.6. The average molecular weight is 604 g/mol. The minimum atomic E-state index is -0.630. The third-order valence-corrected chi connectivity index (χ3v) is 5.79. The normalized spacial score (nSPS) is 17.0. The number of halogens is 1. The van der Waals surface area contributed by atoms with Crippen LogP contribution in [-0.4, -0.2) is 73.5 Å². The second-order valence-corrected chi connectivity index (χ2v) is 8.10. The van der Waals surface area contributed by atoms with Gasteiger partial charge in [-0.15, -0.1) is 0 Å². The van der Waals surface area contributed by atoms with Crippen molar-refractivity contribution in [1.82, 2.24) is 4.90 Å². The van der Waals surface area contributed by atoms with Gasteiger partial charge in [0.25, 0.3) is 0 Å². The van der Waals surface area contributed by atoms with Crippen molar-refractivity contribution >= 4 is 53.6 Å². The molecule has 1 fully saturated rings. The summed E-state index contributed by atoms with van der Waals surface area (Å²) in [5.74, 6) is -1.61. The standard InChI is InChI=1S/C18H23BrNO4.Pb/c1-23-12-15(18(22)24-2)16(13-6-8-14(19)9-7-13)17(21)20-10-4-3-5-11-20;/h6-9,15-16H,1,3-5,10-12H2,2H3;.